The van der Waals surface area contributed by atoms with Crippen LogP contribution in [0, 0.1) is 17.8 Å². The molecule has 1 saturated carbocycles. The van der Waals surface area contributed by atoms with E-state index in [1.165, 1.54) is 25.7 Å². The summed E-state index contributed by atoms with van der Waals surface area (Å²) in [6.07, 6.45) is 5.71. The summed E-state index contributed by atoms with van der Waals surface area (Å²) >= 11 is 0. The lowest BCUT2D eigenvalue weighted by molar-refractivity contribution is 0.189. The highest BCUT2D eigenvalue weighted by molar-refractivity contribution is 4.76. The summed E-state index contributed by atoms with van der Waals surface area (Å²) < 4.78 is 0. The van der Waals surface area contributed by atoms with Gasteiger partial charge in [-0.1, -0.05) is 33.1 Å². The van der Waals surface area contributed by atoms with Gasteiger partial charge in [0.1, 0.15) is 0 Å². The Morgan fingerprint density at radius 1 is 1.36 bits per heavy atom. The average molecular weight is 155 g/mol. The second-order valence-electron chi connectivity index (χ2n) is 4.14. The zero-order valence-corrected chi connectivity index (χ0v) is 7.84. The highest BCUT2D eigenvalue weighted by Crippen LogP contribution is 2.34. The highest BCUT2D eigenvalue weighted by Gasteiger charge is 2.25. The van der Waals surface area contributed by atoms with Gasteiger partial charge in [0.15, 0.2) is 0 Å². The Morgan fingerprint density at radius 2 is 2.00 bits per heavy atom. The van der Waals surface area contributed by atoms with Crippen LogP contribution in [-0.4, -0.2) is 6.54 Å². The molecular formula is C10H21N. The highest BCUT2D eigenvalue weighted by atomic mass is 14.6. The lowest BCUT2D eigenvalue weighted by atomic mass is 9.74. The number of hydrogen-bond acceptors (Lipinski definition) is 1. The van der Waals surface area contributed by atoms with Crippen LogP contribution in [0.2, 0.25) is 0 Å². The van der Waals surface area contributed by atoms with Crippen molar-refractivity contribution < 1.29 is 0 Å². The van der Waals surface area contributed by atoms with Crippen molar-refractivity contribution >= 4 is 0 Å². The Bertz CT molecular complexity index is 107. The Hall–Kier alpha value is -0.0400. The molecule has 0 spiro atoms. The molecule has 0 aromatic carbocycles. The fourth-order valence-corrected chi connectivity index (χ4v) is 2.37. The predicted octanol–water partition coefficient (Wildman–Crippen LogP) is 2.41. The van der Waals surface area contributed by atoms with Crippen LogP contribution >= 0.6 is 0 Å². The minimum absolute atomic E-state index is 0.741. The van der Waals surface area contributed by atoms with Crippen LogP contribution < -0.4 is 5.73 Å². The molecule has 3 unspecified atom stereocenters. The third-order valence-corrected chi connectivity index (χ3v) is 3.28. The first-order valence-corrected chi connectivity index (χ1v) is 4.95. The van der Waals surface area contributed by atoms with Gasteiger partial charge in [-0.15, -0.1) is 0 Å². The van der Waals surface area contributed by atoms with Crippen molar-refractivity contribution in [3.8, 4) is 0 Å². The van der Waals surface area contributed by atoms with Gasteiger partial charge in [0.2, 0.25) is 0 Å². The van der Waals surface area contributed by atoms with Crippen molar-refractivity contribution in [3.63, 3.8) is 0 Å². The number of nitrogens with two attached hydrogens (primary N) is 1. The van der Waals surface area contributed by atoms with Crippen LogP contribution in [-0.2, 0) is 0 Å². The molecule has 3 atom stereocenters. The van der Waals surface area contributed by atoms with E-state index in [4.69, 9.17) is 5.73 Å². The summed E-state index contributed by atoms with van der Waals surface area (Å²) in [6, 6.07) is 0. The van der Waals surface area contributed by atoms with Crippen molar-refractivity contribution in [2.24, 2.45) is 23.5 Å². The molecule has 1 aliphatic carbocycles. The van der Waals surface area contributed by atoms with Crippen molar-refractivity contribution in [1.29, 1.82) is 0 Å². The summed E-state index contributed by atoms with van der Waals surface area (Å²) in [5, 5.41) is 0. The molecule has 0 radical (unpaired) electrons. The van der Waals surface area contributed by atoms with Crippen LogP contribution in [0.4, 0.5) is 0 Å². The largest absolute Gasteiger partial charge is 0.330 e. The minimum Gasteiger partial charge on any atom is -0.330 e. The van der Waals surface area contributed by atoms with Gasteiger partial charge >= 0.3 is 0 Å². The molecule has 66 valence electrons. The molecule has 2 N–H and O–H groups in total. The van der Waals surface area contributed by atoms with Gasteiger partial charge in [-0.3, -0.25) is 0 Å². The van der Waals surface area contributed by atoms with Crippen molar-refractivity contribution in [1.82, 2.24) is 0 Å². The van der Waals surface area contributed by atoms with E-state index < -0.39 is 0 Å². The van der Waals surface area contributed by atoms with Crippen LogP contribution in [0.3, 0.4) is 0 Å². The van der Waals surface area contributed by atoms with Crippen LogP contribution in [0.25, 0.3) is 0 Å². The monoisotopic (exact) mass is 155 g/mol. The smallest absolute Gasteiger partial charge is 0.00488 e. The molecule has 0 aromatic heterocycles. The molecule has 0 aromatic rings. The third-order valence-electron chi connectivity index (χ3n) is 3.28. The maximum Gasteiger partial charge on any atom is -0.00488 e. The van der Waals surface area contributed by atoms with Crippen molar-refractivity contribution in [2.45, 2.75) is 39.5 Å². The molecule has 0 aliphatic heterocycles. The van der Waals surface area contributed by atoms with E-state index in [-0.39, 0.29) is 0 Å². The van der Waals surface area contributed by atoms with Gasteiger partial charge in [-0.05, 0) is 30.7 Å². The maximum atomic E-state index is 5.67. The van der Waals surface area contributed by atoms with E-state index in [9.17, 15) is 0 Å². The normalized spacial score (nSPS) is 35.2. The first kappa shape index (κ1) is 9.05. The molecule has 0 amide bonds. The lowest BCUT2D eigenvalue weighted by Gasteiger charge is -2.32. The molecule has 1 heteroatoms. The molecule has 0 bridgehead atoms. The molecule has 1 nitrogen and oxygen atoms in total. The van der Waals surface area contributed by atoms with E-state index in [1.807, 2.05) is 0 Å². The molecule has 0 heterocycles. The molecule has 0 saturated heterocycles. The van der Waals surface area contributed by atoms with E-state index in [0.717, 1.165) is 24.3 Å². The fourth-order valence-electron chi connectivity index (χ4n) is 2.37. The molecule has 1 rings (SSSR count). The average Bonchev–Trinajstić information content (AvgIpc) is 2.04. The minimum atomic E-state index is 0.741. The lowest BCUT2D eigenvalue weighted by Crippen LogP contribution is -2.28. The first-order valence-electron chi connectivity index (χ1n) is 4.95. The van der Waals surface area contributed by atoms with Crippen molar-refractivity contribution in [3.05, 3.63) is 0 Å². The zero-order valence-electron chi connectivity index (χ0n) is 7.84. The van der Waals surface area contributed by atoms with Gasteiger partial charge in [0.05, 0.1) is 0 Å². The van der Waals surface area contributed by atoms with E-state index in [1.54, 1.807) is 0 Å². The number of rotatable bonds is 2. The van der Waals surface area contributed by atoms with Crippen LogP contribution in [0.15, 0.2) is 0 Å². The van der Waals surface area contributed by atoms with E-state index in [2.05, 4.69) is 13.8 Å². The van der Waals surface area contributed by atoms with Gasteiger partial charge < -0.3 is 5.73 Å². The molecule has 11 heavy (non-hydrogen) atoms. The fraction of sp³-hybridized carbons (Fsp3) is 1.00. The maximum absolute atomic E-state index is 5.67. The second-order valence-corrected chi connectivity index (χ2v) is 4.14. The van der Waals surface area contributed by atoms with Gasteiger partial charge in [-0.25, -0.2) is 0 Å². The third kappa shape index (κ3) is 2.19. The van der Waals surface area contributed by atoms with E-state index >= 15 is 0 Å². The zero-order chi connectivity index (χ0) is 8.27. The number of hydrogen-bond donors (Lipinski definition) is 1. The summed E-state index contributed by atoms with van der Waals surface area (Å²) in [4.78, 5) is 0. The quantitative estimate of drug-likeness (QED) is 0.651. The molecule has 1 aliphatic rings. The SMILES string of the molecule is CC(CN)C1CCCCC1C. The van der Waals surface area contributed by atoms with E-state index in [0.29, 0.717) is 0 Å². The Morgan fingerprint density at radius 3 is 2.55 bits per heavy atom. The van der Waals surface area contributed by atoms with Gasteiger partial charge in [-0.2, -0.15) is 0 Å². The van der Waals surface area contributed by atoms with Gasteiger partial charge in [0.25, 0.3) is 0 Å². The molecular weight excluding hydrogens is 134 g/mol. The second kappa shape index (κ2) is 4.10. The summed E-state index contributed by atoms with van der Waals surface area (Å²) in [6.45, 7) is 5.55. The Balaban J connectivity index is 2.40. The Labute approximate surface area is 70.4 Å². The molecule has 1 fully saturated rings. The van der Waals surface area contributed by atoms with Crippen molar-refractivity contribution in [2.75, 3.05) is 6.54 Å². The van der Waals surface area contributed by atoms with Crippen LogP contribution in [0.1, 0.15) is 39.5 Å². The Kier molecular flexibility index (Phi) is 3.38. The van der Waals surface area contributed by atoms with Gasteiger partial charge in [0, 0.05) is 0 Å². The predicted molar refractivity (Wildman–Crippen MR) is 49.3 cm³/mol. The first-order chi connectivity index (χ1) is 5.25. The standard InChI is InChI=1S/C10H21N/c1-8-5-3-4-6-10(8)9(2)7-11/h8-10H,3-7,11H2,1-2H3. The van der Waals surface area contributed by atoms with Crippen LogP contribution in [0.5, 0.6) is 0 Å². The summed E-state index contributed by atoms with van der Waals surface area (Å²) in [5.41, 5.74) is 5.67. The summed E-state index contributed by atoms with van der Waals surface area (Å²) in [7, 11) is 0. The topological polar surface area (TPSA) is 26.0 Å². The summed E-state index contributed by atoms with van der Waals surface area (Å²) in [5.74, 6) is 2.57.